The van der Waals surface area contributed by atoms with Gasteiger partial charge in [0, 0.05) is 19.8 Å². The van der Waals surface area contributed by atoms with E-state index in [0.29, 0.717) is 13.2 Å². The van der Waals surface area contributed by atoms with E-state index < -0.39 is 0 Å². The molecule has 0 bridgehead atoms. The van der Waals surface area contributed by atoms with E-state index in [9.17, 15) is 0 Å². The Hall–Kier alpha value is -0.120. The van der Waals surface area contributed by atoms with E-state index in [1.807, 2.05) is 0 Å². The molecule has 92 valence electrons. The second-order valence-electron chi connectivity index (χ2n) is 4.08. The van der Waals surface area contributed by atoms with Gasteiger partial charge in [-0.15, -0.1) is 0 Å². The number of hydrogen-bond donors (Lipinski definition) is 2. The summed E-state index contributed by atoms with van der Waals surface area (Å²) in [6.07, 6.45) is 6.17. The van der Waals surface area contributed by atoms with Crippen LogP contribution in [0.2, 0.25) is 0 Å². The van der Waals surface area contributed by atoms with Crippen LogP contribution in [0.1, 0.15) is 52.4 Å². The topological polar surface area (TPSA) is 55.5 Å². The lowest BCUT2D eigenvalue weighted by Gasteiger charge is -2.30. The highest BCUT2D eigenvalue weighted by molar-refractivity contribution is 4.78. The molecule has 0 unspecified atom stereocenters. The molecule has 0 saturated carbocycles. The average molecular weight is 217 g/mol. The van der Waals surface area contributed by atoms with Crippen LogP contribution in [0.15, 0.2) is 0 Å². The fourth-order valence-electron chi connectivity index (χ4n) is 1.66. The Morgan fingerprint density at radius 2 is 1.67 bits per heavy atom. The fourth-order valence-corrected chi connectivity index (χ4v) is 1.66. The normalized spacial score (nSPS) is 12.0. The molecule has 0 aromatic rings. The molecule has 0 aromatic carbocycles. The number of rotatable bonds is 10. The predicted octanol–water partition coefficient (Wildman–Crippen LogP) is 2.07. The van der Waals surface area contributed by atoms with Crippen molar-refractivity contribution in [2.75, 3.05) is 19.8 Å². The Balaban J connectivity index is 3.54. The third-order valence-corrected chi connectivity index (χ3v) is 3.12. The van der Waals surface area contributed by atoms with E-state index in [1.165, 1.54) is 0 Å². The molecule has 0 rings (SSSR count). The molecule has 0 radical (unpaired) electrons. The van der Waals surface area contributed by atoms with Crippen LogP contribution in [-0.4, -0.2) is 30.5 Å². The van der Waals surface area contributed by atoms with Crippen LogP contribution in [0.5, 0.6) is 0 Å². The molecule has 3 nitrogen and oxygen atoms in total. The number of aliphatic hydroxyl groups is 1. The van der Waals surface area contributed by atoms with E-state index >= 15 is 0 Å². The lowest BCUT2D eigenvalue weighted by molar-refractivity contribution is -0.0458. The van der Waals surface area contributed by atoms with Crippen LogP contribution in [-0.2, 0) is 4.74 Å². The van der Waals surface area contributed by atoms with E-state index in [-0.39, 0.29) is 5.60 Å². The Morgan fingerprint density at radius 3 is 2.13 bits per heavy atom. The van der Waals surface area contributed by atoms with E-state index in [2.05, 4.69) is 13.8 Å². The molecule has 15 heavy (non-hydrogen) atoms. The maximum absolute atomic E-state index is 8.62. The monoisotopic (exact) mass is 217 g/mol. The van der Waals surface area contributed by atoms with Crippen molar-refractivity contribution in [1.82, 2.24) is 0 Å². The molecule has 0 fully saturated rings. The predicted molar refractivity (Wildman–Crippen MR) is 63.9 cm³/mol. The molecule has 0 aliphatic heterocycles. The highest BCUT2D eigenvalue weighted by Gasteiger charge is 2.24. The molecule has 0 aromatic heterocycles. The zero-order chi connectivity index (χ0) is 11.6. The number of unbranched alkanes of at least 4 members (excludes halogenated alkanes) is 3. The zero-order valence-corrected chi connectivity index (χ0v) is 10.3. The third-order valence-electron chi connectivity index (χ3n) is 3.12. The maximum Gasteiger partial charge on any atom is 0.0798 e. The Morgan fingerprint density at radius 1 is 1.07 bits per heavy atom. The van der Waals surface area contributed by atoms with Crippen LogP contribution in [0.3, 0.4) is 0 Å². The quantitative estimate of drug-likeness (QED) is 0.551. The van der Waals surface area contributed by atoms with Crippen molar-refractivity contribution in [3.8, 4) is 0 Å². The van der Waals surface area contributed by atoms with Crippen LogP contribution in [0, 0.1) is 0 Å². The van der Waals surface area contributed by atoms with Crippen molar-refractivity contribution in [1.29, 1.82) is 0 Å². The van der Waals surface area contributed by atoms with Crippen molar-refractivity contribution in [3.63, 3.8) is 0 Å². The molecule has 0 heterocycles. The number of nitrogens with two attached hydrogens (primary N) is 1. The van der Waals surface area contributed by atoms with E-state index in [1.54, 1.807) is 0 Å². The van der Waals surface area contributed by atoms with Gasteiger partial charge < -0.3 is 15.6 Å². The van der Waals surface area contributed by atoms with Gasteiger partial charge in [0.05, 0.1) is 5.60 Å². The van der Waals surface area contributed by atoms with Gasteiger partial charge in [0.25, 0.3) is 0 Å². The minimum absolute atomic E-state index is 0.100. The first kappa shape index (κ1) is 14.9. The third kappa shape index (κ3) is 6.13. The van der Waals surface area contributed by atoms with Crippen molar-refractivity contribution < 1.29 is 9.84 Å². The summed E-state index contributed by atoms with van der Waals surface area (Å²) in [6.45, 7) is 5.96. The molecular weight excluding hydrogens is 190 g/mol. The summed E-state index contributed by atoms with van der Waals surface area (Å²) in [6, 6.07) is 0. The summed E-state index contributed by atoms with van der Waals surface area (Å²) >= 11 is 0. The van der Waals surface area contributed by atoms with Gasteiger partial charge in [0.2, 0.25) is 0 Å². The lowest BCUT2D eigenvalue weighted by atomic mass is 9.97. The highest BCUT2D eigenvalue weighted by atomic mass is 16.5. The average Bonchev–Trinajstić information content (AvgIpc) is 2.29. The van der Waals surface area contributed by atoms with Crippen LogP contribution < -0.4 is 5.73 Å². The Bertz CT molecular complexity index is 127. The smallest absolute Gasteiger partial charge is 0.0798 e. The molecule has 3 N–H and O–H groups in total. The van der Waals surface area contributed by atoms with E-state index in [4.69, 9.17) is 15.6 Å². The van der Waals surface area contributed by atoms with Gasteiger partial charge >= 0.3 is 0 Å². The number of aliphatic hydroxyl groups excluding tert-OH is 1. The summed E-state index contributed by atoms with van der Waals surface area (Å²) in [4.78, 5) is 0. The standard InChI is InChI=1S/C12H27NO2/c1-3-12(4-2,11-13)15-10-8-6-5-7-9-14/h14H,3-11,13H2,1-2H3. The molecule has 0 spiro atoms. The van der Waals surface area contributed by atoms with Gasteiger partial charge in [-0.1, -0.05) is 26.7 Å². The molecule has 0 atom stereocenters. The van der Waals surface area contributed by atoms with Gasteiger partial charge in [-0.05, 0) is 25.7 Å². The summed E-state index contributed by atoms with van der Waals surface area (Å²) in [5.74, 6) is 0. The van der Waals surface area contributed by atoms with Crippen molar-refractivity contribution in [2.45, 2.75) is 58.0 Å². The van der Waals surface area contributed by atoms with Crippen molar-refractivity contribution in [3.05, 3.63) is 0 Å². The molecule has 0 aliphatic rings. The van der Waals surface area contributed by atoms with Crippen molar-refractivity contribution in [2.24, 2.45) is 5.73 Å². The summed E-state index contributed by atoms with van der Waals surface area (Å²) < 4.78 is 5.87. The second kappa shape index (κ2) is 9.13. The first-order chi connectivity index (χ1) is 7.24. The SMILES string of the molecule is CCC(CC)(CN)OCCCCCCO. The number of hydrogen-bond acceptors (Lipinski definition) is 3. The molecule has 0 amide bonds. The Kier molecular flexibility index (Phi) is 9.06. The second-order valence-corrected chi connectivity index (χ2v) is 4.08. The van der Waals surface area contributed by atoms with E-state index in [0.717, 1.165) is 45.1 Å². The van der Waals surface area contributed by atoms with Gasteiger partial charge in [-0.25, -0.2) is 0 Å². The highest BCUT2D eigenvalue weighted by Crippen LogP contribution is 2.19. The molecule has 3 heteroatoms. The minimum atomic E-state index is -0.100. The molecule has 0 aliphatic carbocycles. The fraction of sp³-hybridized carbons (Fsp3) is 1.00. The van der Waals surface area contributed by atoms with Gasteiger partial charge in [0.15, 0.2) is 0 Å². The van der Waals surface area contributed by atoms with Gasteiger partial charge in [-0.3, -0.25) is 0 Å². The summed E-state index contributed by atoms with van der Waals surface area (Å²) in [7, 11) is 0. The first-order valence-corrected chi connectivity index (χ1v) is 6.19. The number of ether oxygens (including phenoxy) is 1. The summed E-state index contributed by atoms with van der Waals surface area (Å²) in [5, 5.41) is 8.62. The first-order valence-electron chi connectivity index (χ1n) is 6.19. The molecule has 0 saturated heterocycles. The van der Waals surface area contributed by atoms with Crippen LogP contribution >= 0.6 is 0 Å². The zero-order valence-electron chi connectivity index (χ0n) is 10.3. The van der Waals surface area contributed by atoms with Crippen LogP contribution in [0.4, 0.5) is 0 Å². The lowest BCUT2D eigenvalue weighted by Crippen LogP contribution is -2.39. The largest absolute Gasteiger partial charge is 0.396 e. The molecular formula is C12H27NO2. The minimum Gasteiger partial charge on any atom is -0.396 e. The van der Waals surface area contributed by atoms with Crippen LogP contribution in [0.25, 0.3) is 0 Å². The summed E-state index contributed by atoms with van der Waals surface area (Å²) in [5.41, 5.74) is 5.63. The van der Waals surface area contributed by atoms with Gasteiger partial charge in [-0.2, -0.15) is 0 Å². The Labute approximate surface area is 94.0 Å². The van der Waals surface area contributed by atoms with Crippen molar-refractivity contribution >= 4 is 0 Å². The maximum atomic E-state index is 8.62. The van der Waals surface area contributed by atoms with Gasteiger partial charge in [0.1, 0.15) is 0 Å².